The number of anilines is 1. The van der Waals surface area contributed by atoms with Gasteiger partial charge in [0.15, 0.2) is 5.82 Å². The number of benzene rings is 1. The van der Waals surface area contributed by atoms with Crippen LogP contribution in [-0.2, 0) is 11.3 Å². The Kier molecular flexibility index (Phi) is 4.55. The molecule has 9 nitrogen and oxygen atoms in total. The van der Waals surface area contributed by atoms with Gasteiger partial charge in [0.05, 0.1) is 42.4 Å². The molecule has 1 aliphatic heterocycles. The molecule has 0 unspecified atom stereocenters. The quantitative estimate of drug-likeness (QED) is 0.483. The number of ether oxygens (including phenoxy) is 2. The van der Waals surface area contributed by atoms with Crippen molar-refractivity contribution in [1.82, 2.24) is 29.3 Å². The molecule has 0 radical (unpaired) electrons. The summed E-state index contributed by atoms with van der Waals surface area (Å²) >= 11 is 0. The maximum absolute atomic E-state index is 13.4. The summed E-state index contributed by atoms with van der Waals surface area (Å²) in [6.45, 7) is 1.79. The van der Waals surface area contributed by atoms with Gasteiger partial charge in [-0.3, -0.25) is 4.57 Å². The molecule has 0 atom stereocenters. The van der Waals surface area contributed by atoms with Crippen LogP contribution < -0.4 is 9.64 Å². The fraction of sp³-hybridized carbons (Fsp3) is 0.300. The fourth-order valence-corrected chi connectivity index (χ4v) is 3.71. The van der Waals surface area contributed by atoms with Crippen LogP contribution in [0, 0.1) is 5.82 Å². The van der Waals surface area contributed by atoms with Crippen LogP contribution in [0.5, 0.6) is 5.88 Å². The van der Waals surface area contributed by atoms with E-state index in [0.29, 0.717) is 23.8 Å². The summed E-state index contributed by atoms with van der Waals surface area (Å²) in [4.78, 5) is 10.8. The van der Waals surface area contributed by atoms with Crippen molar-refractivity contribution in [2.45, 2.75) is 12.6 Å². The molecule has 4 heterocycles. The summed E-state index contributed by atoms with van der Waals surface area (Å²) in [7, 11) is 3.20. The molecule has 30 heavy (non-hydrogen) atoms. The number of pyridine rings is 1. The van der Waals surface area contributed by atoms with Gasteiger partial charge in [0.1, 0.15) is 12.4 Å². The SMILES string of the molecule is COCc1nnc(N2CC(n3cnc4cc(F)ccc43)C2)n1-c1ccc(OC)nc1. The molecule has 0 amide bonds. The van der Waals surface area contributed by atoms with E-state index in [0.717, 1.165) is 30.2 Å². The topological polar surface area (TPSA) is 83.1 Å². The van der Waals surface area contributed by atoms with Crippen molar-refractivity contribution in [3.8, 4) is 11.6 Å². The Hall–Kier alpha value is -3.53. The Bertz CT molecular complexity index is 1180. The molecule has 4 aromatic rings. The summed E-state index contributed by atoms with van der Waals surface area (Å²) in [5, 5.41) is 8.69. The van der Waals surface area contributed by atoms with Crippen LogP contribution in [0.2, 0.25) is 0 Å². The Morgan fingerprint density at radius 2 is 1.97 bits per heavy atom. The zero-order valence-corrected chi connectivity index (χ0v) is 16.6. The van der Waals surface area contributed by atoms with Gasteiger partial charge in [0.2, 0.25) is 11.8 Å². The minimum absolute atomic E-state index is 0.213. The normalized spacial score (nSPS) is 14.3. The van der Waals surface area contributed by atoms with Crippen molar-refractivity contribution >= 4 is 17.0 Å². The van der Waals surface area contributed by atoms with E-state index in [-0.39, 0.29) is 11.9 Å². The van der Waals surface area contributed by atoms with Crippen molar-refractivity contribution in [2.24, 2.45) is 0 Å². The molecule has 5 rings (SSSR count). The number of methoxy groups -OCH3 is 2. The van der Waals surface area contributed by atoms with Gasteiger partial charge in [-0.05, 0) is 18.2 Å². The van der Waals surface area contributed by atoms with Gasteiger partial charge in [-0.2, -0.15) is 0 Å². The van der Waals surface area contributed by atoms with E-state index in [9.17, 15) is 4.39 Å². The molecular weight excluding hydrogens is 389 g/mol. The third-order valence-corrected chi connectivity index (χ3v) is 5.25. The molecule has 1 aromatic carbocycles. The first-order valence-corrected chi connectivity index (χ1v) is 9.48. The van der Waals surface area contributed by atoms with Crippen molar-refractivity contribution in [3.63, 3.8) is 0 Å². The smallest absolute Gasteiger partial charge is 0.232 e. The number of hydrogen-bond donors (Lipinski definition) is 0. The lowest BCUT2D eigenvalue weighted by Gasteiger charge is -2.40. The minimum Gasteiger partial charge on any atom is -0.481 e. The Balaban J connectivity index is 1.42. The van der Waals surface area contributed by atoms with E-state index in [1.807, 2.05) is 10.6 Å². The highest BCUT2D eigenvalue weighted by molar-refractivity contribution is 5.75. The van der Waals surface area contributed by atoms with Crippen molar-refractivity contribution in [2.75, 3.05) is 32.2 Å². The van der Waals surface area contributed by atoms with Gasteiger partial charge < -0.3 is 18.9 Å². The van der Waals surface area contributed by atoms with Crippen LogP contribution in [0.15, 0.2) is 42.9 Å². The molecule has 3 aromatic heterocycles. The van der Waals surface area contributed by atoms with Gasteiger partial charge in [-0.25, -0.2) is 14.4 Å². The number of imidazole rings is 1. The highest BCUT2D eigenvalue weighted by Crippen LogP contribution is 2.31. The average Bonchev–Trinajstić information content (AvgIpc) is 3.32. The third-order valence-electron chi connectivity index (χ3n) is 5.25. The monoisotopic (exact) mass is 409 g/mol. The lowest BCUT2D eigenvalue weighted by atomic mass is 10.1. The second-order valence-corrected chi connectivity index (χ2v) is 7.09. The molecular formula is C20H20FN7O2. The summed E-state index contributed by atoms with van der Waals surface area (Å²) in [5.74, 6) is 1.66. The van der Waals surface area contributed by atoms with E-state index in [2.05, 4.69) is 29.6 Å². The van der Waals surface area contributed by atoms with E-state index < -0.39 is 0 Å². The van der Waals surface area contributed by atoms with Gasteiger partial charge in [0.25, 0.3) is 0 Å². The summed E-state index contributed by atoms with van der Waals surface area (Å²) in [6, 6.07) is 8.60. The number of hydrogen-bond acceptors (Lipinski definition) is 7. The highest BCUT2D eigenvalue weighted by Gasteiger charge is 2.33. The highest BCUT2D eigenvalue weighted by atomic mass is 19.1. The number of fused-ring (bicyclic) bond motifs is 1. The molecule has 10 heteroatoms. The fourth-order valence-electron chi connectivity index (χ4n) is 3.71. The molecule has 0 N–H and O–H groups in total. The van der Waals surface area contributed by atoms with Crippen molar-refractivity contribution in [1.29, 1.82) is 0 Å². The van der Waals surface area contributed by atoms with Gasteiger partial charge >= 0.3 is 0 Å². The Morgan fingerprint density at radius 3 is 2.70 bits per heavy atom. The van der Waals surface area contributed by atoms with E-state index in [4.69, 9.17) is 9.47 Å². The van der Waals surface area contributed by atoms with Crippen molar-refractivity contribution < 1.29 is 13.9 Å². The molecule has 154 valence electrons. The number of nitrogens with zero attached hydrogens (tertiary/aromatic N) is 7. The second-order valence-electron chi connectivity index (χ2n) is 7.09. The minimum atomic E-state index is -0.283. The van der Waals surface area contributed by atoms with Crippen LogP contribution in [-0.4, -0.2) is 56.6 Å². The van der Waals surface area contributed by atoms with Crippen LogP contribution >= 0.6 is 0 Å². The predicted molar refractivity (Wildman–Crippen MR) is 107 cm³/mol. The third kappa shape index (κ3) is 3.05. The maximum atomic E-state index is 13.4. The lowest BCUT2D eigenvalue weighted by Crippen LogP contribution is -2.48. The lowest BCUT2D eigenvalue weighted by molar-refractivity contribution is 0.176. The summed E-state index contributed by atoms with van der Waals surface area (Å²) < 4.78 is 27.9. The van der Waals surface area contributed by atoms with Crippen LogP contribution in [0.4, 0.5) is 10.3 Å². The first-order valence-electron chi connectivity index (χ1n) is 9.48. The molecule has 0 saturated carbocycles. The summed E-state index contributed by atoms with van der Waals surface area (Å²) in [6.07, 6.45) is 3.49. The first kappa shape index (κ1) is 18.5. The Morgan fingerprint density at radius 1 is 1.10 bits per heavy atom. The zero-order valence-electron chi connectivity index (χ0n) is 16.6. The maximum Gasteiger partial charge on any atom is 0.232 e. The molecule has 0 spiro atoms. The second kappa shape index (κ2) is 7.38. The Labute approximate surface area is 171 Å². The molecule has 1 fully saturated rings. The number of rotatable bonds is 6. The number of aromatic nitrogens is 6. The van der Waals surface area contributed by atoms with Crippen LogP contribution in [0.1, 0.15) is 11.9 Å². The molecule has 1 saturated heterocycles. The number of halogens is 1. The van der Waals surface area contributed by atoms with Gasteiger partial charge in [-0.1, -0.05) is 0 Å². The van der Waals surface area contributed by atoms with Gasteiger partial charge in [-0.15, -0.1) is 10.2 Å². The van der Waals surface area contributed by atoms with Crippen LogP contribution in [0.3, 0.4) is 0 Å². The van der Waals surface area contributed by atoms with E-state index in [1.165, 1.54) is 12.1 Å². The molecule has 0 bridgehead atoms. The van der Waals surface area contributed by atoms with Crippen LogP contribution in [0.25, 0.3) is 16.7 Å². The van der Waals surface area contributed by atoms with Crippen molar-refractivity contribution in [3.05, 3.63) is 54.5 Å². The van der Waals surface area contributed by atoms with Gasteiger partial charge in [0, 0.05) is 32.3 Å². The predicted octanol–water partition coefficient (Wildman–Crippen LogP) is 2.37. The zero-order chi connectivity index (χ0) is 20.7. The largest absolute Gasteiger partial charge is 0.481 e. The molecule has 1 aliphatic rings. The van der Waals surface area contributed by atoms with E-state index >= 15 is 0 Å². The average molecular weight is 409 g/mol. The van der Waals surface area contributed by atoms with E-state index in [1.54, 1.807) is 38.9 Å². The first-order chi connectivity index (χ1) is 14.7. The standard InChI is InChI=1S/C20H20FN7O2/c1-29-11-18-24-25-20(28(18)14-4-6-19(30-2)22-8-14)26-9-15(10-26)27-12-23-16-7-13(21)3-5-17(16)27/h3-8,12,15H,9-11H2,1-2H3. The molecule has 0 aliphatic carbocycles. The summed E-state index contributed by atoms with van der Waals surface area (Å²) in [5.41, 5.74) is 2.40.